The molecule has 0 aliphatic rings. The van der Waals surface area contributed by atoms with Gasteiger partial charge in [-0.05, 0) is 18.6 Å². The molecule has 0 saturated heterocycles. The van der Waals surface area contributed by atoms with Crippen molar-refractivity contribution in [2.45, 2.75) is 6.92 Å². The van der Waals surface area contributed by atoms with E-state index in [4.69, 9.17) is 16.3 Å². The van der Waals surface area contributed by atoms with Crippen molar-refractivity contribution in [2.75, 3.05) is 5.73 Å². The fourth-order valence-electron chi connectivity index (χ4n) is 1.48. The summed E-state index contributed by atoms with van der Waals surface area (Å²) in [5.74, 6) is 0.404. The molecule has 0 amide bonds. The maximum atomic E-state index is 9.00. The van der Waals surface area contributed by atoms with Crippen LogP contribution in [0.15, 0.2) is 18.6 Å². The monoisotopic (exact) mass is 224 g/mol. The standard InChI is InChI=1S/C11H8N6/c1-7-2-8(14)11(15-5-7)17-6-16-9(3-12)10(17)4-13/h2,5-6H,14H2,1H3. The van der Waals surface area contributed by atoms with Crippen LogP contribution in [0.3, 0.4) is 0 Å². The maximum absolute atomic E-state index is 9.00. The van der Waals surface area contributed by atoms with Crippen molar-refractivity contribution in [3.63, 3.8) is 0 Å². The highest BCUT2D eigenvalue weighted by molar-refractivity contribution is 5.56. The van der Waals surface area contributed by atoms with Crippen molar-refractivity contribution < 1.29 is 0 Å². The van der Waals surface area contributed by atoms with Crippen molar-refractivity contribution in [1.29, 1.82) is 10.5 Å². The molecule has 6 heteroatoms. The first kappa shape index (κ1) is 10.7. The number of nitrogen functional groups attached to an aromatic ring is 1. The van der Waals surface area contributed by atoms with E-state index in [1.807, 2.05) is 19.1 Å². The van der Waals surface area contributed by atoms with Crippen molar-refractivity contribution in [1.82, 2.24) is 14.5 Å². The van der Waals surface area contributed by atoms with Gasteiger partial charge < -0.3 is 5.73 Å². The number of hydrogen-bond acceptors (Lipinski definition) is 5. The first-order valence-electron chi connectivity index (χ1n) is 4.77. The second kappa shape index (κ2) is 3.95. The molecule has 2 N–H and O–H groups in total. The van der Waals surface area contributed by atoms with Gasteiger partial charge >= 0.3 is 0 Å². The van der Waals surface area contributed by atoms with Gasteiger partial charge in [-0.1, -0.05) is 0 Å². The van der Waals surface area contributed by atoms with Gasteiger partial charge in [-0.25, -0.2) is 9.97 Å². The number of imidazole rings is 1. The molecule has 0 aromatic carbocycles. The lowest BCUT2D eigenvalue weighted by Gasteiger charge is -2.06. The van der Waals surface area contributed by atoms with Crippen LogP contribution in [0.5, 0.6) is 0 Å². The molecule has 0 unspecified atom stereocenters. The van der Waals surface area contributed by atoms with Crippen LogP contribution in [0.1, 0.15) is 17.0 Å². The molecule has 0 aliphatic carbocycles. The Bertz CT molecular complexity index is 656. The Morgan fingerprint density at radius 2 is 2.06 bits per heavy atom. The van der Waals surface area contributed by atoms with E-state index in [0.29, 0.717) is 11.5 Å². The topological polar surface area (TPSA) is 104 Å². The molecule has 17 heavy (non-hydrogen) atoms. The number of anilines is 1. The van der Waals surface area contributed by atoms with Gasteiger partial charge in [0, 0.05) is 6.20 Å². The van der Waals surface area contributed by atoms with Crippen LogP contribution in [0.25, 0.3) is 5.82 Å². The average molecular weight is 224 g/mol. The van der Waals surface area contributed by atoms with Crippen LogP contribution in [0, 0.1) is 29.6 Å². The summed E-state index contributed by atoms with van der Waals surface area (Å²) in [6, 6.07) is 5.51. The first-order chi connectivity index (χ1) is 8.17. The Morgan fingerprint density at radius 1 is 1.29 bits per heavy atom. The molecule has 0 atom stereocenters. The predicted molar refractivity (Wildman–Crippen MR) is 59.9 cm³/mol. The third kappa shape index (κ3) is 1.68. The van der Waals surface area contributed by atoms with E-state index in [9.17, 15) is 0 Å². The van der Waals surface area contributed by atoms with Crippen LogP contribution in [-0.4, -0.2) is 14.5 Å². The van der Waals surface area contributed by atoms with E-state index in [1.165, 1.54) is 10.9 Å². The molecule has 0 radical (unpaired) electrons. The fourth-order valence-corrected chi connectivity index (χ4v) is 1.48. The molecule has 82 valence electrons. The number of nitriles is 2. The van der Waals surface area contributed by atoms with Crippen molar-refractivity contribution in [3.05, 3.63) is 35.5 Å². The third-order valence-corrected chi connectivity index (χ3v) is 2.24. The van der Waals surface area contributed by atoms with Gasteiger partial charge in [0.15, 0.2) is 17.2 Å². The van der Waals surface area contributed by atoms with E-state index >= 15 is 0 Å². The molecular formula is C11H8N6. The van der Waals surface area contributed by atoms with E-state index < -0.39 is 0 Å². The van der Waals surface area contributed by atoms with Crippen LogP contribution < -0.4 is 5.73 Å². The van der Waals surface area contributed by atoms with Gasteiger partial charge in [-0.2, -0.15) is 10.5 Å². The molecule has 2 aromatic rings. The van der Waals surface area contributed by atoms with E-state index in [-0.39, 0.29) is 11.4 Å². The zero-order valence-corrected chi connectivity index (χ0v) is 9.05. The summed E-state index contributed by atoms with van der Waals surface area (Å²) in [6.07, 6.45) is 3.00. The molecule has 2 aromatic heterocycles. The lowest BCUT2D eigenvalue weighted by Crippen LogP contribution is -2.04. The normalized spacial score (nSPS) is 9.59. The second-order valence-corrected chi connectivity index (χ2v) is 3.46. The lowest BCUT2D eigenvalue weighted by molar-refractivity contribution is 0.976. The van der Waals surface area contributed by atoms with Gasteiger partial charge in [-0.15, -0.1) is 0 Å². The second-order valence-electron chi connectivity index (χ2n) is 3.46. The van der Waals surface area contributed by atoms with Gasteiger partial charge in [-0.3, -0.25) is 4.57 Å². The Hall–Kier alpha value is -2.86. The molecule has 0 aliphatic heterocycles. The Balaban J connectivity index is 2.66. The van der Waals surface area contributed by atoms with Crippen LogP contribution in [0.4, 0.5) is 5.69 Å². The summed E-state index contributed by atoms with van der Waals surface area (Å²) in [5.41, 5.74) is 7.38. The predicted octanol–water partition coefficient (Wildman–Crippen LogP) is 0.901. The van der Waals surface area contributed by atoms with E-state index in [1.54, 1.807) is 12.3 Å². The highest BCUT2D eigenvalue weighted by Crippen LogP contribution is 2.18. The van der Waals surface area contributed by atoms with Crippen molar-refractivity contribution >= 4 is 5.69 Å². The molecule has 2 rings (SSSR count). The largest absolute Gasteiger partial charge is 0.396 e. The summed E-state index contributed by atoms with van der Waals surface area (Å²) in [7, 11) is 0. The van der Waals surface area contributed by atoms with Crippen LogP contribution in [-0.2, 0) is 0 Å². The molecule has 0 saturated carbocycles. The molecule has 0 spiro atoms. The molecule has 0 fully saturated rings. The first-order valence-corrected chi connectivity index (χ1v) is 4.77. The smallest absolute Gasteiger partial charge is 0.177 e. The number of aryl methyl sites for hydroxylation is 1. The Labute approximate surface area is 97.6 Å². The van der Waals surface area contributed by atoms with Gasteiger partial charge in [0.2, 0.25) is 0 Å². The zero-order valence-electron chi connectivity index (χ0n) is 9.05. The Morgan fingerprint density at radius 3 is 2.65 bits per heavy atom. The van der Waals surface area contributed by atoms with E-state index in [0.717, 1.165) is 5.56 Å². The zero-order chi connectivity index (χ0) is 12.4. The number of nitrogens with two attached hydrogens (primary N) is 1. The fraction of sp³-hybridized carbons (Fsp3) is 0.0909. The van der Waals surface area contributed by atoms with Crippen molar-refractivity contribution in [2.24, 2.45) is 0 Å². The minimum absolute atomic E-state index is 0.0641. The quantitative estimate of drug-likeness (QED) is 0.774. The summed E-state index contributed by atoms with van der Waals surface area (Å²) < 4.78 is 1.41. The number of nitrogens with zero attached hydrogens (tertiary/aromatic N) is 5. The molecule has 6 nitrogen and oxygen atoms in total. The van der Waals surface area contributed by atoms with Gasteiger partial charge in [0.05, 0.1) is 5.69 Å². The van der Waals surface area contributed by atoms with Crippen LogP contribution in [0.2, 0.25) is 0 Å². The highest BCUT2D eigenvalue weighted by Gasteiger charge is 2.14. The number of aromatic nitrogens is 3. The van der Waals surface area contributed by atoms with Crippen molar-refractivity contribution in [3.8, 4) is 18.0 Å². The summed E-state index contributed by atoms with van der Waals surface area (Å²) in [6.45, 7) is 1.87. The minimum Gasteiger partial charge on any atom is -0.396 e. The Kier molecular flexibility index (Phi) is 2.48. The third-order valence-electron chi connectivity index (χ3n) is 2.24. The molecule has 0 bridgehead atoms. The average Bonchev–Trinajstić information content (AvgIpc) is 2.71. The number of rotatable bonds is 1. The summed E-state index contributed by atoms with van der Waals surface area (Å²) in [5, 5.41) is 17.8. The number of pyridine rings is 1. The van der Waals surface area contributed by atoms with Gasteiger partial charge in [0.25, 0.3) is 0 Å². The van der Waals surface area contributed by atoms with Gasteiger partial charge in [0.1, 0.15) is 18.5 Å². The number of hydrogen-bond donors (Lipinski definition) is 1. The summed E-state index contributed by atoms with van der Waals surface area (Å²) in [4.78, 5) is 7.97. The molecular weight excluding hydrogens is 216 g/mol. The minimum atomic E-state index is 0.0641. The lowest BCUT2D eigenvalue weighted by atomic mass is 10.3. The van der Waals surface area contributed by atoms with E-state index in [2.05, 4.69) is 9.97 Å². The maximum Gasteiger partial charge on any atom is 0.177 e. The highest BCUT2D eigenvalue weighted by atomic mass is 15.1. The summed E-state index contributed by atoms with van der Waals surface area (Å²) >= 11 is 0. The van der Waals surface area contributed by atoms with Crippen LogP contribution >= 0.6 is 0 Å². The molecule has 2 heterocycles. The SMILES string of the molecule is Cc1cnc(-n2cnc(C#N)c2C#N)c(N)c1.